The standard InChI is InChI=1S/C15H18Cl2N2O2/c1-9(2)19-8-10(5-14(19)20)7-18-15(21)11-3-4-12(16)13(17)6-11/h3-4,6,9-10H,5,7-8H2,1-2H3,(H,18,21). The zero-order valence-electron chi connectivity index (χ0n) is 12.0. The smallest absolute Gasteiger partial charge is 0.251 e. The van der Waals surface area contributed by atoms with E-state index < -0.39 is 0 Å². The Labute approximate surface area is 134 Å². The van der Waals surface area contributed by atoms with Gasteiger partial charge >= 0.3 is 0 Å². The fraction of sp³-hybridized carbons (Fsp3) is 0.467. The Balaban J connectivity index is 1.90. The maximum absolute atomic E-state index is 12.1. The molecular weight excluding hydrogens is 311 g/mol. The van der Waals surface area contributed by atoms with Gasteiger partial charge in [0.15, 0.2) is 0 Å². The van der Waals surface area contributed by atoms with Crippen molar-refractivity contribution in [2.75, 3.05) is 13.1 Å². The number of amides is 2. The first kappa shape index (κ1) is 16.1. The molecule has 2 amide bonds. The third-order valence-corrected chi connectivity index (χ3v) is 4.33. The Morgan fingerprint density at radius 3 is 2.67 bits per heavy atom. The average molecular weight is 329 g/mol. The van der Waals surface area contributed by atoms with Crippen molar-refractivity contribution in [2.45, 2.75) is 26.3 Å². The van der Waals surface area contributed by atoms with Gasteiger partial charge in [-0.1, -0.05) is 23.2 Å². The molecule has 4 nitrogen and oxygen atoms in total. The number of likely N-dealkylation sites (tertiary alicyclic amines) is 1. The lowest BCUT2D eigenvalue weighted by molar-refractivity contribution is -0.129. The number of hydrogen-bond acceptors (Lipinski definition) is 2. The highest BCUT2D eigenvalue weighted by Crippen LogP contribution is 2.23. The fourth-order valence-corrected chi connectivity index (χ4v) is 2.72. The molecule has 2 rings (SSSR count). The molecule has 0 radical (unpaired) electrons. The zero-order chi connectivity index (χ0) is 15.6. The summed E-state index contributed by atoms with van der Waals surface area (Å²) in [7, 11) is 0. The molecule has 114 valence electrons. The van der Waals surface area contributed by atoms with Gasteiger partial charge in [-0.15, -0.1) is 0 Å². The zero-order valence-corrected chi connectivity index (χ0v) is 13.5. The molecule has 0 aliphatic carbocycles. The Morgan fingerprint density at radius 1 is 1.38 bits per heavy atom. The average Bonchev–Trinajstić information content (AvgIpc) is 2.80. The van der Waals surface area contributed by atoms with Crippen LogP contribution in [0.4, 0.5) is 0 Å². The summed E-state index contributed by atoms with van der Waals surface area (Å²) in [6.45, 7) is 5.16. The van der Waals surface area contributed by atoms with Gasteiger partial charge in [0.05, 0.1) is 10.0 Å². The van der Waals surface area contributed by atoms with Gasteiger partial charge in [-0.05, 0) is 32.0 Å². The summed E-state index contributed by atoms with van der Waals surface area (Å²) in [5.41, 5.74) is 0.467. The van der Waals surface area contributed by atoms with E-state index in [1.165, 1.54) is 0 Å². The van der Waals surface area contributed by atoms with E-state index in [2.05, 4.69) is 5.32 Å². The van der Waals surface area contributed by atoms with Gasteiger partial charge in [0.25, 0.3) is 5.91 Å². The second kappa shape index (κ2) is 6.67. The van der Waals surface area contributed by atoms with Crippen molar-refractivity contribution < 1.29 is 9.59 Å². The van der Waals surface area contributed by atoms with Crippen molar-refractivity contribution in [1.82, 2.24) is 10.2 Å². The Morgan fingerprint density at radius 2 is 2.10 bits per heavy atom. The highest BCUT2D eigenvalue weighted by molar-refractivity contribution is 6.42. The van der Waals surface area contributed by atoms with Crippen LogP contribution in [0, 0.1) is 5.92 Å². The molecule has 0 aromatic heterocycles. The molecule has 0 spiro atoms. The van der Waals surface area contributed by atoms with Gasteiger partial charge in [0.1, 0.15) is 0 Å². The number of benzene rings is 1. The van der Waals surface area contributed by atoms with Crippen LogP contribution in [0.2, 0.25) is 10.0 Å². The molecule has 0 saturated carbocycles. The predicted molar refractivity (Wildman–Crippen MR) is 83.8 cm³/mol. The maximum Gasteiger partial charge on any atom is 0.251 e. The first-order valence-corrected chi connectivity index (χ1v) is 7.66. The van der Waals surface area contributed by atoms with Crippen molar-refractivity contribution >= 4 is 35.0 Å². The number of halogens is 2. The molecule has 0 bridgehead atoms. The molecule has 1 heterocycles. The second-order valence-corrected chi connectivity index (χ2v) is 6.36. The largest absolute Gasteiger partial charge is 0.352 e. The second-order valence-electron chi connectivity index (χ2n) is 5.55. The quantitative estimate of drug-likeness (QED) is 0.923. The molecule has 1 fully saturated rings. The lowest BCUT2D eigenvalue weighted by atomic mass is 10.1. The number of hydrogen-bond donors (Lipinski definition) is 1. The van der Waals surface area contributed by atoms with E-state index >= 15 is 0 Å². The summed E-state index contributed by atoms with van der Waals surface area (Å²) in [4.78, 5) is 25.7. The summed E-state index contributed by atoms with van der Waals surface area (Å²) in [6, 6.07) is 4.97. The van der Waals surface area contributed by atoms with Crippen LogP contribution in [0.25, 0.3) is 0 Å². The van der Waals surface area contributed by atoms with Gasteiger partial charge in [-0.3, -0.25) is 9.59 Å². The van der Waals surface area contributed by atoms with Crippen LogP contribution in [0.15, 0.2) is 18.2 Å². The van der Waals surface area contributed by atoms with E-state index in [-0.39, 0.29) is 23.8 Å². The minimum atomic E-state index is -0.205. The molecule has 1 saturated heterocycles. The molecule has 1 aromatic rings. The summed E-state index contributed by atoms with van der Waals surface area (Å²) in [6.07, 6.45) is 0.486. The summed E-state index contributed by atoms with van der Waals surface area (Å²) in [5.74, 6) is 0.106. The van der Waals surface area contributed by atoms with E-state index in [1.54, 1.807) is 18.2 Å². The molecule has 1 aliphatic rings. The monoisotopic (exact) mass is 328 g/mol. The molecular formula is C15H18Cl2N2O2. The van der Waals surface area contributed by atoms with Gasteiger partial charge in [-0.25, -0.2) is 0 Å². The van der Waals surface area contributed by atoms with Gasteiger partial charge in [-0.2, -0.15) is 0 Å². The summed E-state index contributed by atoms with van der Waals surface area (Å²) < 4.78 is 0. The minimum absolute atomic E-state index is 0.152. The normalized spacial score (nSPS) is 18.4. The van der Waals surface area contributed by atoms with Gasteiger partial charge in [0, 0.05) is 37.0 Å². The van der Waals surface area contributed by atoms with Crippen LogP contribution in [-0.4, -0.2) is 35.8 Å². The van der Waals surface area contributed by atoms with Crippen LogP contribution < -0.4 is 5.32 Å². The van der Waals surface area contributed by atoms with Crippen LogP contribution in [0.3, 0.4) is 0 Å². The van der Waals surface area contributed by atoms with Crippen LogP contribution in [0.1, 0.15) is 30.6 Å². The lowest BCUT2D eigenvalue weighted by Gasteiger charge is -2.21. The molecule has 21 heavy (non-hydrogen) atoms. The number of nitrogens with zero attached hydrogens (tertiary/aromatic N) is 1. The molecule has 1 N–H and O–H groups in total. The lowest BCUT2D eigenvalue weighted by Crippen LogP contribution is -2.34. The van der Waals surface area contributed by atoms with Gasteiger partial charge in [0.2, 0.25) is 5.91 Å². The molecule has 1 atom stereocenters. The SMILES string of the molecule is CC(C)N1CC(CNC(=O)c2ccc(Cl)c(Cl)c2)CC1=O. The van der Waals surface area contributed by atoms with E-state index in [9.17, 15) is 9.59 Å². The first-order chi connectivity index (χ1) is 9.88. The summed E-state index contributed by atoms with van der Waals surface area (Å²) in [5, 5.41) is 3.62. The Bertz CT molecular complexity index is 561. The third kappa shape index (κ3) is 3.89. The number of rotatable bonds is 4. The molecule has 6 heteroatoms. The highest BCUT2D eigenvalue weighted by atomic mass is 35.5. The fourth-order valence-electron chi connectivity index (χ4n) is 2.42. The van der Waals surface area contributed by atoms with Crippen LogP contribution in [-0.2, 0) is 4.79 Å². The van der Waals surface area contributed by atoms with Crippen LogP contribution in [0.5, 0.6) is 0 Å². The van der Waals surface area contributed by atoms with Gasteiger partial charge < -0.3 is 10.2 Å². The van der Waals surface area contributed by atoms with Crippen molar-refractivity contribution in [3.05, 3.63) is 33.8 Å². The first-order valence-electron chi connectivity index (χ1n) is 6.91. The Kier molecular flexibility index (Phi) is 5.12. The van der Waals surface area contributed by atoms with E-state index in [0.717, 1.165) is 0 Å². The number of carbonyl (C=O) groups excluding carboxylic acids is 2. The summed E-state index contributed by atoms with van der Waals surface area (Å²) >= 11 is 11.7. The van der Waals surface area contributed by atoms with E-state index in [0.29, 0.717) is 35.1 Å². The van der Waals surface area contributed by atoms with Crippen molar-refractivity contribution in [2.24, 2.45) is 5.92 Å². The molecule has 1 unspecified atom stereocenters. The van der Waals surface area contributed by atoms with Crippen molar-refractivity contribution in [1.29, 1.82) is 0 Å². The highest BCUT2D eigenvalue weighted by Gasteiger charge is 2.31. The maximum atomic E-state index is 12.1. The van der Waals surface area contributed by atoms with E-state index in [4.69, 9.17) is 23.2 Å². The molecule has 1 aliphatic heterocycles. The van der Waals surface area contributed by atoms with E-state index in [1.807, 2.05) is 18.7 Å². The number of carbonyl (C=O) groups is 2. The minimum Gasteiger partial charge on any atom is -0.352 e. The molecule has 1 aromatic carbocycles. The van der Waals surface area contributed by atoms with Crippen molar-refractivity contribution in [3.63, 3.8) is 0 Å². The van der Waals surface area contributed by atoms with Crippen LogP contribution >= 0.6 is 23.2 Å². The predicted octanol–water partition coefficient (Wildman–Crippen LogP) is 2.98. The third-order valence-electron chi connectivity index (χ3n) is 3.59. The van der Waals surface area contributed by atoms with Crippen molar-refractivity contribution in [3.8, 4) is 0 Å². The topological polar surface area (TPSA) is 49.4 Å². The number of nitrogens with one attached hydrogen (secondary N) is 1. The Hall–Kier alpha value is -1.26.